The van der Waals surface area contributed by atoms with E-state index in [1.54, 1.807) is 6.20 Å². The molecule has 0 unspecified atom stereocenters. The van der Waals surface area contributed by atoms with Crippen LogP contribution in [0.4, 0.5) is 0 Å². The van der Waals surface area contributed by atoms with Gasteiger partial charge in [0.25, 0.3) is 0 Å². The fourth-order valence-corrected chi connectivity index (χ4v) is 2.13. The lowest BCUT2D eigenvalue weighted by molar-refractivity contribution is 0.153. The molecule has 0 amide bonds. The number of nitrogens with zero attached hydrogens (tertiary/aromatic N) is 2. The van der Waals surface area contributed by atoms with E-state index >= 15 is 0 Å². The van der Waals surface area contributed by atoms with Gasteiger partial charge in [0.05, 0.1) is 25.5 Å². The molecule has 1 aliphatic rings. The van der Waals surface area contributed by atoms with Gasteiger partial charge in [-0.2, -0.15) is 0 Å². The van der Waals surface area contributed by atoms with Crippen LogP contribution >= 0.6 is 24.0 Å². The minimum Gasteiger partial charge on any atom is -0.377 e. The average Bonchev–Trinajstić information content (AvgIpc) is 2.54. The molecule has 5 nitrogen and oxygen atoms in total. The van der Waals surface area contributed by atoms with Gasteiger partial charge in [0, 0.05) is 19.3 Å². The summed E-state index contributed by atoms with van der Waals surface area (Å²) in [6.45, 7) is 6.00. The van der Waals surface area contributed by atoms with E-state index in [2.05, 4.69) is 33.6 Å². The summed E-state index contributed by atoms with van der Waals surface area (Å²) in [7, 11) is 0. The van der Waals surface area contributed by atoms with Crippen LogP contribution in [-0.4, -0.2) is 37.2 Å². The number of ether oxygens (including phenoxy) is 1. The monoisotopic (exact) mass is 416 g/mol. The van der Waals surface area contributed by atoms with Crippen molar-refractivity contribution in [2.45, 2.75) is 26.3 Å². The van der Waals surface area contributed by atoms with Gasteiger partial charge in [-0.15, -0.1) is 24.0 Å². The molecule has 0 atom stereocenters. The van der Waals surface area contributed by atoms with E-state index in [0.29, 0.717) is 6.54 Å². The minimum atomic E-state index is 0. The molecule has 1 aromatic rings. The summed E-state index contributed by atoms with van der Waals surface area (Å²) in [5, 5.41) is 6.63. The Bertz CT molecular complexity index is 476. The summed E-state index contributed by atoms with van der Waals surface area (Å²) in [4.78, 5) is 8.83. The molecule has 6 heteroatoms. The summed E-state index contributed by atoms with van der Waals surface area (Å²) < 4.78 is 5.31. The summed E-state index contributed by atoms with van der Waals surface area (Å²) >= 11 is 0. The first-order valence-corrected chi connectivity index (χ1v) is 7.56. The van der Waals surface area contributed by atoms with Crippen LogP contribution in [0.5, 0.6) is 0 Å². The molecule has 2 rings (SSSR count). The molecular weight excluding hydrogens is 391 g/mol. The molecule has 0 radical (unpaired) electrons. The van der Waals surface area contributed by atoms with E-state index < -0.39 is 0 Å². The quantitative estimate of drug-likeness (QED) is 0.324. The zero-order valence-corrected chi connectivity index (χ0v) is 15.4. The van der Waals surface area contributed by atoms with Crippen molar-refractivity contribution in [3.63, 3.8) is 0 Å². The Morgan fingerprint density at radius 2 is 2.27 bits per heavy atom. The van der Waals surface area contributed by atoms with E-state index in [-0.39, 0.29) is 24.0 Å². The number of hydrogen-bond acceptors (Lipinski definition) is 3. The van der Waals surface area contributed by atoms with Gasteiger partial charge in [0.2, 0.25) is 0 Å². The first-order valence-electron chi connectivity index (χ1n) is 7.56. The highest BCUT2D eigenvalue weighted by atomic mass is 127. The highest BCUT2D eigenvalue weighted by molar-refractivity contribution is 14.0. The molecule has 0 aromatic carbocycles. The topological polar surface area (TPSA) is 58.5 Å². The van der Waals surface area contributed by atoms with Crippen molar-refractivity contribution in [1.29, 1.82) is 0 Å². The summed E-state index contributed by atoms with van der Waals surface area (Å²) in [6.07, 6.45) is 6.06. The van der Waals surface area contributed by atoms with Gasteiger partial charge in [-0.3, -0.25) is 4.98 Å². The number of rotatable bonds is 6. The molecule has 2 heterocycles. The van der Waals surface area contributed by atoms with Crippen molar-refractivity contribution in [2.24, 2.45) is 4.99 Å². The molecule has 0 saturated carbocycles. The van der Waals surface area contributed by atoms with Crippen LogP contribution in [0.25, 0.3) is 0 Å². The molecule has 0 spiro atoms. The molecule has 0 bridgehead atoms. The second-order valence-corrected chi connectivity index (χ2v) is 4.88. The minimum absolute atomic E-state index is 0. The Morgan fingerprint density at radius 1 is 1.36 bits per heavy atom. The third kappa shape index (κ3) is 7.22. The fraction of sp³-hybridized carbons (Fsp3) is 0.500. The molecule has 1 aromatic heterocycles. The normalized spacial score (nSPS) is 14.8. The van der Waals surface area contributed by atoms with Gasteiger partial charge in [-0.1, -0.05) is 17.7 Å². The lowest BCUT2D eigenvalue weighted by atomic mass is 10.1. The second kappa shape index (κ2) is 11.4. The van der Waals surface area contributed by atoms with Crippen LogP contribution in [0.3, 0.4) is 0 Å². The Morgan fingerprint density at radius 3 is 2.95 bits per heavy atom. The third-order valence-electron chi connectivity index (χ3n) is 3.27. The second-order valence-electron chi connectivity index (χ2n) is 4.88. The van der Waals surface area contributed by atoms with Gasteiger partial charge in [0.1, 0.15) is 0 Å². The highest BCUT2D eigenvalue weighted by Crippen LogP contribution is 2.10. The van der Waals surface area contributed by atoms with Gasteiger partial charge in [-0.25, -0.2) is 4.99 Å². The summed E-state index contributed by atoms with van der Waals surface area (Å²) in [5.74, 6) is 0.843. The van der Waals surface area contributed by atoms with Crippen LogP contribution in [-0.2, 0) is 11.3 Å². The largest absolute Gasteiger partial charge is 0.377 e. The number of aliphatic imine (C=N–C) groups is 1. The Hall–Kier alpha value is -1.15. The molecule has 22 heavy (non-hydrogen) atoms. The fourth-order valence-electron chi connectivity index (χ4n) is 2.13. The molecular formula is C16H25IN4O. The average molecular weight is 416 g/mol. The Labute approximate surface area is 149 Å². The van der Waals surface area contributed by atoms with Crippen LogP contribution in [0, 0.1) is 0 Å². The Kier molecular flexibility index (Phi) is 9.81. The standard InChI is InChI=1S/C16H24N4O.HI/c1-2-17-16(20-13-15-5-3-4-9-18-15)19-10-6-14-7-11-21-12-8-14;/h3-5,7,9H,2,6,8,10-13H2,1H3,(H2,17,19,20);1H. The van der Waals surface area contributed by atoms with Crippen LogP contribution in [0.15, 0.2) is 41.0 Å². The van der Waals surface area contributed by atoms with Crippen LogP contribution in [0.1, 0.15) is 25.5 Å². The lowest BCUT2D eigenvalue weighted by Crippen LogP contribution is -2.38. The Balaban J connectivity index is 0.00000242. The lowest BCUT2D eigenvalue weighted by Gasteiger charge is -2.15. The first-order chi connectivity index (χ1) is 10.4. The van der Waals surface area contributed by atoms with Crippen LogP contribution < -0.4 is 10.6 Å². The van der Waals surface area contributed by atoms with Crippen LogP contribution in [0.2, 0.25) is 0 Å². The molecule has 122 valence electrons. The van der Waals surface area contributed by atoms with Crippen molar-refractivity contribution in [3.05, 3.63) is 41.7 Å². The van der Waals surface area contributed by atoms with Crippen molar-refractivity contribution in [3.8, 4) is 0 Å². The van der Waals surface area contributed by atoms with Crippen molar-refractivity contribution < 1.29 is 4.74 Å². The molecule has 1 aliphatic heterocycles. The van der Waals surface area contributed by atoms with Crippen molar-refractivity contribution in [2.75, 3.05) is 26.3 Å². The van der Waals surface area contributed by atoms with Gasteiger partial charge in [-0.05, 0) is 31.9 Å². The first kappa shape index (κ1) is 18.9. The molecule has 0 saturated heterocycles. The number of nitrogens with one attached hydrogen (secondary N) is 2. The zero-order valence-electron chi connectivity index (χ0n) is 13.0. The zero-order chi connectivity index (χ0) is 14.8. The van der Waals surface area contributed by atoms with Crippen molar-refractivity contribution >= 4 is 29.9 Å². The number of aromatic nitrogens is 1. The summed E-state index contributed by atoms with van der Waals surface area (Å²) in [6, 6.07) is 5.88. The van der Waals surface area contributed by atoms with E-state index in [9.17, 15) is 0 Å². The maximum absolute atomic E-state index is 5.31. The van der Waals surface area contributed by atoms with E-state index in [1.165, 1.54) is 5.57 Å². The maximum Gasteiger partial charge on any atom is 0.191 e. The molecule has 0 fully saturated rings. The maximum atomic E-state index is 5.31. The number of pyridine rings is 1. The third-order valence-corrected chi connectivity index (χ3v) is 3.27. The summed E-state index contributed by atoms with van der Waals surface area (Å²) in [5.41, 5.74) is 2.44. The van der Waals surface area contributed by atoms with E-state index in [4.69, 9.17) is 4.74 Å². The number of halogens is 1. The predicted octanol–water partition coefficient (Wildman–Crippen LogP) is 2.49. The van der Waals surface area contributed by atoms with Crippen molar-refractivity contribution in [1.82, 2.24) is 15.6 Å². The van der Waals surface area contributed by atoms with Gasteiger partial charge < -0.3 is 15.4 Å². The van der Waals surface area contributed by atoms with Gasteiger partial charge in [0.15, 0.2) is 5.96 Å². The SMILES string of the molecule is CCNC(=NCc1ccccn1)NCCC1=CCOCC1.I. The smallest absolute Gasteiger partial charge is 0.191 e. The van der Waals surface area contributed by atoms with E-state index in [0.717, 1.165) is 50.8 Å². The number of guanidine groups is 1. The van der Waals surface area contributed by atoms with E-state index in [1.807, 2.05) is 18.2 Å². The molecule has 2 N–H and O–H groups in total. The highest BCUT2D eigenvalue weighted by Gasteiger charge is 2.04. The predicted molar refractivity (Wildman–Crippen MR) is 101 cm³/mol. The number of hydrogen-bond donors (Lipinski definition) is 2. The molecule has 0 aliphatic carbocycles. The van der Waals surface area contributed by atoms with Gasteiger partial charge >= 0.3 is 0 Å².